The summed E-state index contributed by atoms with van der Waals surface area (Å²) in [5.74, 6) is -0.0525. The maximum atomic E-state index is 12.6. The number of benzene rings is 1. The first kappa shape index (κ1) is 15.3. The summed E-state index contributed by atoms with van der Waals surface area (Å²) in [5.41, 5.74) is 6.01. The monoisotopic (exact) mass is 296 g/mol. The number of hydrogen-bond acceptors (Lipinski definition) is 3. The molecule has 0 aliphatic heterocycles. The molecule has 0 unspecified atom stereocenters. The number of rotatable bonds is 5. The molecular formula is C15H15F3N2O. The van der Waals surface area contributed by atoms with Crippen LogP contribution < -0.4 is 10.5 Å². The van der Waals surface area contributed by atoms with Gasteiger partial charge in [0.1, 0.15) is 5.69 Å². The fourth-order valence-corrected chi connectivity index (χ4v) is 1.82. The summed E-state index contributed by atoms with van der Waals surface area (Å²) >= 11 is 0. The number of nitrogens with two attached hydrogens (primary N) is 1. The highest BCUT2D eigenvalue weighted by Gasteiger charge is 2.33. The Labute approximate surface area is 120 Å². The standard InChI is InChI=1S/C15H15F3N2O/c16-15(17,18)13-7-6-12(10-19)14(20-13)21-9-8-11-4-2-1-3-5-11/h1-7H,8-10,19H2. The Morgan fingerprint density at radius 1 is 1.05 bits per heavy atom. The Bertz CT molecular complexity index is 585. The van der Waals surface area contributed by atoms with Crippen LogP contribution in [0, 0.1) is 0 Å². The van der Waals surface area contributed by atoms with Crippen molar-refractivity contribution in [2.45, 2.75) is 19.1 Å². The number of ether oxygens (including phenoxy) is 1. The van der Waals surface area contributed by atoms with Gasteiger partial charge in [-0.15, -0.1) is 0 Å². The summed E-state index contributed by atoms with van der Waals surface area (Å²) in [6, 6.07) is 11.7. The zero-order chi connectivity index (χ0) is 15.3. The second kappa shape index (κ2) is 6.58. The minimum absolute atomic E-state index is 0.0525. The maximum absolute atomic E-state index is 12.6. The van der Waals surface area contributed by atoms with E-state index in [1.54, 1.807) is 0 Å². The summed E-state index contributed by atoms with van der Waals surface area (Å²) in [7, 11) is 0. The highest BCUT2D eigenvalue weighted by molar-refractivity contribution is 5.29. The van der Waals surface area contributed by atoms with Crippen molar-refractivity contribution in [1.29, 1.82) is 0 Å². The van der Waals surface area contributed by atoms with E-state index in [9.17, 15) is 13.2 Å². The Morgan fingerprint density at radius 3 is 2.38 bits per heavy atom. The molecule has 0 saturated heterocycles. The van der Waals surface area contributed by atoms with Gasteiger partial charge in [0.15, 0.2) is 0 Å². The lowest BCUT2D eigenvalue weighted by Crippen LogP contribution is -2.13. The molecule has 0 amide bonds. The number of hydrogen-bond donors (Lipinski definition) is 1. The minimum Gasteiger partial charge on any atom is -0.477 e. The minimum atomic E-state index is -4.50. The predicted molar refractivity (Wildman–Crippen MR) is 72.8 cm³/mol. The van der Waals surface area contributed by atoms with Gasteiger partial charge in [0.05, 0.1) is 6.61 Å². The smallest absolute Gasteiger partial charge is 0.433 e. The molecule has 3 nitrogen and oxygen atoms in total. The third-order valence-corrected chi connectivity index (χ3v) is 2.92. The first-order valence-corrected chi connectivity index (χ1v) is 6.44. The van der Waals surface area contributed by atoms with E-state index >= 15 is 0 Å². The molecule has 1 aromatic heterocycles. The van der Waals surface area contributed by atoms with Crippen LogP contribution in [0.1, 0.15) is 16.8 Å². The van der Waals surface area contributed by atoms with Gasteiger partial charge in [0.25, 0.3) is 0 Å². The van der Waals surface area contributed by atoms with E-state index in [-0.39, 0.29) is 19.0 Å². The molecule has 0 atom stereocenters. The van der Waals surface area contributed by atoms with Crippen LogP contribution in [-0.4, -0.2) is 11.6 Å². The van der Waals surface area contributed by atoms with E-state index in [1.807, 2.05) is 30.3 Å². The molecule has 2 N–H and O–H groups in total. The van der Waals surface area contributed by atoms with Crippen LogP contribution in [0.25, 0.3) is 0 Å². The van der Waals surface area contributed by atoms with Crippen LogP contribution in [0.4, 0.5) is 13.2 Å². The van der Waals surface area contributed by atoms with Crippen molar-refractivity contribution in [2.24, 2.45) is 5.73 Å². The topological polar surface area (TPSA) is 48.1 Å². The zero-order valence-corrected chi connectivity index (χ0v) is 11.2. The molecule has 2 rings (SSSR count). The van der Waals surface area contributed by atoms with Crippen molar-refractivity contribution in [3.8, 4) is 5.88 Å². The fourth-order valence-electron chi connectivity index (χ4n) is 1.82. The van der Waals surface area contributed by atoms with Gasteiger partial charge in [-0.3, -0.25) is 0 Å². The van der Waals surface area contributed by atoms with Crippen molar-refractivity contribution in [3.05, 3.63) is 59.3 Å². The zero-order valence-electron chi connectivity index (χ0n) is 11.2. The molecule has 0 fully saturated rings. The van der Waals surface area contributed by atoms with Gasteiger partial charge < -0.3 is 10.5 Å². The van der Waals surface area contributed by atoms with Gasteiger partial charge in [0, 0.05) is 18.5 Å². The summed E-state index contributed by atoms with van der Waals surface area (Å²) in [6.45, 7) is 0.317. The third-order valence-electron chi connectivity index (χ3n) is 2.92. The number of alkyl halides is 3. The summed E-state index contributed by atoms with van der Waals surface area (Å²) in [6.07, 6.45) is -3.91. The van der Waals surface area contributed by atoms with Crippen molar-refractivity contribution in [2.75, 3.05) is 6.61 Å². The molecule has 0 radical (unpaired) electrons. The van der Waals surface area contributed by atoms with Crippen LogP contribution in [-0.2, 0) is 19.1 Å². The van der Waals surface area contributed by atoms with Crippen LogP contribution in [0.15, 0.2) is 42.5 Å². The van der Waals surface area contributed by atoms with E-state index in [1.165, 1.54) is 6.07 Å². The number of nitrogens with zero attached hydrogens (tertiary/aromatic N) is 1. The molecule has 1 aromatic carbocycles. The van der Waals surface area contributed by atoms with Gasteiger partial charge in [-0.05, 0) is 11.6 Å². The first-order chi connectivity index (χ1) is 10.0. The van der Waals surface area contributed by atoms with Crippen molar-refractivity contribution in [3.63, 3.8) is 0 Å². The average molecular weight is 296 g/mol. The van der Waals surface area contributed by atoms with Crippen LogP contribution in [0.2, 0.25) is 0 Å². The van der Waals surface area contributed by atoms with Crippen LogP contribution >= 0.6 is 0 Å². The largest absolute Gasteiger partial charge is 0.477 e. The molecule has 0 saturated carbocycles. The Hall–Kier alpha value is -2.08. The summed E-state index contributed by atoms with van der Waals surface area (Å²) in [5, 5.41) is 0. The molecule has 0 aliphatic rings. The van der Waals surface area contributed by atoms with Crippen molar-refractivity contribution in [1.82, 2.24) is 4.98 Å². The quantitative estimate of drug-likeness (QED) is 0.922. The molecule has 1 heterocycles. The van der Waals surface area contributed by atoms with Gasteiger partial charge in [-0.25, -0.2) is 4.98 Å². The number of pyridine rings is 1. The molecule has 0 bridgehead atoms. The molecule has 21 heavy (non-hydrogen) atoms. The van der Waals surface area contributed by atoms with E-state index in [0.29, 0.717) is 12.0 Å². The molecule has 0 spiro atoms. The second-order valence-electron chi connectivity index (χ2n) is 4.45. The highest BCUT2D eigenvalue weighted by Crippen LogP contribution is 2.30. The SMILES string of the molecule is NCc1ccc(C(F)(F)F)nc1OCCc1ccccc1. The fraction of sp³-hybridized carbons (Fsp3) is 0.267. The third kappa shape index (κ3) is 4.19. The number of halogens is 3. The second-order valence-corrected chi connectivity index (χ2v) is 4.45. The van der Waals surface area contributed by atoms with Gasteiger partial charge in [-0.2, -0.15) is 13.2 Å². The van der Waals surface area contributed by atoms with E-state index in [0.717, 1.165) is 11.6 Å². The van der Waals surface area contributed by atoms with Crippen molar-refractivity contribution < 1.29 is 17.9 Å². The maximum Gasteiger partial charge on any atom is 0.433 e. The average Bonchev–Trinajstić information content (AvgIpc) is 2.47. The molecule has 0 aliphatic carbocycles. The highest BCUT2D eigenvalue weighted by atomic mass is 19.4. The normalized spacial score (nSPS) is 11.4. The first-order valence-electron chi connectivity index (χ1n) is 6.44. The molecule has 112 valence electrons. The molecule has 2 aromatic rings. The lowest BCUT2D eigenvalue weighted by atomic mass is 10.2. The van der Waals surface area contributed by atoms with Crippen LogP contribution in [0.5, 0.6) is 5.88 Å². The Balaban J connectivity index is 2.07. The summed E-state index contributed by atoms with van der Waals surface area (Å²) in [4.78, 5) is 3.52. The predicted octanol–water partition coefficient (Wildman–Crippen LogP) is 3.18. The number of aromatic nitrogens is 1. The van der Waals surface area contributed by atoms with E-state index < -0.39 is 11.9 Å². The molecular weight excluding hydrogens is 281 g/mol. The van der Waals surface area contributed by atoms with E-state index in [4.69, 9.17) is 10.5 Å². The lowest BCUT2D eigenvalue weighted by molar-refractivity contribution is -0.141. The van der Waals surface area contributed by atoms with Gasteiger partial charge in [-0.1, -0.05) is 36.4 Å². The van der Waals surface area contributed by atoms with Gasteiger partial charge >= 0.3 is 6.18 Å². The lowest BCUT2D eigenvalue weighted by Gasteiger charge is -2.12. The van der Waals surface area contributed by atoms with E-state index in [2.05, 4.69) is 4.98 Å². The summed E-state index contributed by atoms with van der Waals surface area (Å²) < 4.78 is 43.3. The van der Waals surface area contributed by atoms with Gasteiger partial charge in [0.2, 0.25) is 5.88 Å². The van der Waals surface area contributed by atoms with Crippen LogP contribution in [0.3, 0.4) is 0 Å². The van der Waals surface area contributed by atoms with Crippen molar-refractivity contribution >= 4 is 0 Å². The molecule has 6 heteroatoms. The Morgan fingerprint density at radius 2 is 1.76 bits per heavy atom. The Kier molecular flexibility index (Phi) is 4.80.